The Labute approximate surface area is 261 Å². The van der Waals surface area contributed by atoms with Crippen LogP contribution in [0.25, 0.3) is 0 Å². The van der Waals surface area contributed by atoms with Crippen LogP contribution in [0.1, 0.15) is 31.9 Å². The van der Waals surface area contributed by atoms with Gasteiger partial charge in [0.05, 0.1) is 19.8 Å². The molecular formula is C34H45NO6SSi. The molecule has 3 aromatic rings. The molecule has 232 valence electrons. The van der Waals surface area contributed by atoms with Crippen molar-refractivity contribution in [2.75, 3.05) is 6.61 Å². The molecule has 4 rings (SSSR count). The highest BCUT2D eigenvalue weighted by molar-refractivity contribution is 7.99. The van der Waals surface area contributed by atoms with Crippen molar-refractivity contribution < 1.29 is 23.6 Å². The minimum Gasteiger partial charge on any atom is -0.415 e. The summed E-state index contributed by atoms with van der Waals surface area (Å²) in [6.45, 7) is 12.0. The van der Waals surface area contributed by atoms with Crippen molar-refractivity contribution in [2.24, 2.45) is 11.8 Å². The number of hydrogen-bond donors (Lipinski definition) is 0. The van der Waals surface area contributed by atoms with Crippen molar-refractivity contribution in [1.82, 2.24) is 0 Å². The second kappa shape index (κ2) is 16.0. The molecule has 0 aromatic heterocycles. The molecule has 1 unspecified atom stereocenters. The topological polar surface area (TPSA) is 80.1 Å². The molecule has 1 aliphatic heterocycles. The number of nitrogens with zero attached hydrogens (tertiary/aromatic N) is 1. The SMILES string of the molecule is CC(C)C(C)C[Si](C)(C)OC[C@H]1O[C@@H](Sc2ccccc2)[C@H]([N+](=O)[O-])[C@@H](OCc2ccccc2)[C@H]1OCc1ccccc1. The quantitative estimate of drug-likeness (QED) is 0.0970. The number of hydrogen-bond acceptors (Lipinski definition) is 7. The molecular weight excluding hydrogens is 579 g/mol. The van der Waals surface area contributed by atoms with Gasteiger partial charge < -0.3 is 18.6 Å². The summed E-state index contributed by atoms with van der Waals surface area (Å²) in [7, 11) is -2.07. The molecule has 9 heteroatoms. The molecule has 0 saturated carbocycles. The molecule has 3 aromatic carbocycles. The molecule has 43 heavy (non-hydrogen) atoms. The van der Waals surface area contributed by atoms with E-state index in [0.717, 1.165) is 22.1 Å². The van der Waals surface area contributed by atoms with E-state index in [4.69, 9.17) is 18.6 Å². The Hall–Kier alpha value is -2.53. The standard InChI is InChI=1S/C34H45NO6SSi/c1-25(2)26(3)24-43(4,5)40-23-30-32(38-21-27-15-9-6-10-16-27)33(39-22-28-17-11-7-12-18-28)31(35(36)37)34(41-30)42-29-19-13-8-14-20-29/h6-20,25-26,30-34H,21-24H2,1-5H3/t26?,30-,31-,32+,33-,34+/m1/s1. The van der Waals surface area contributed by atoms with E-state index in [0.29, 0.717) is 11.8 Å². The third kappa shape index (κ3) is 9.99. The first-order valence-corrected chi connectivity index (χ1v) is 19.1. The normalized spacial score (nSPS) is 23.3. The van der Waals surface area contributed by atoms with Gasteiger partial charge in [-0.2, -0.15) is 0 Å². The maximum Gasteiger partial charge on any atom is 0.276 e. The molecule has 1 heterocycles. The maximum absolute atomic E-state index is 12.8. The second-order valence-electron chi connectivity index (χ2n) is 12.3. The van der Waals surface area contributed by atoms with Crippen LogP contribution in [0.3, 0.4) is 0 Å². The minimum absolute atomic E-state index is 0.226. The molecule has 0 N–H and O–H groups in total. The minimum atomic E-state index is -2.07. The lowest BCUT2D eigenvalue weighted by Crippen LogP contribution is -2.62. The summed E-state index contributed by atoms with van der Waals surface area (Å²) in [6, 6.07) is 29.1. The Balaban J connectivity index is 1.65. The Morgan fingerprint density at radius 1 is 0.837 bits per heavy atom. The van der Waals surface area contributed by atoms with E-state index in [1.807, 2.05) is 91.0 Å². The third-order valence-corrected chi connectivity index (χ3v) is 11.8. The first-order valence-electron chi connectivity index (χ1n) is 15.1. The van der Waals surface area contributed by atoms with Gasteiger partial charge in [-0.05, 0) is 54.2 Å². The first kappa shape index (κ1) is 33.4. The van der Waals surface area contributed by atoms with E-state index < -0.39 is 38.1 Å². The number of rotatable bonds is 15. The highest BCUT2D eigenvalue weighted by Crippen LogP contribution is 2.38. The van der Waals surface area contributed by atoms with Crippen LogP contribution >= 0.6 is 11.8 Å². The van der Waals surface area contributed by atoms with Gasteiger partial charge in [0, 0.05) is 9.82 Å². The van der Waals surface area contributed by atoms with Crippen LogP contribution in [-0.2, 0) is 31.9 Å². The molecule has 0 amide bonds. The van der Waals surface area contributed by atoms with Crippen LogP contribution in [0.5, 0.6) is 0 Å². The molecule has 7 nitrogen and oxygen atoms in total. The maximum atomic E-state index is 12.8. The van der Waals surface area contributed by atoms with Crippen LogP contribution in [0.15, 0.2) is 95.9 Å². The molecule has 0 spiro atoms. The Morgan fingerprint density at radius 3 is 1.86 bits per heavy atom. The van der Waals surface area contributed by atoms with Gasteiger partial charge in [-0.15, -0.1) is 0 Å². The Bertz CT molecular complexity index is 1250. The van der Waals surface area contributed by atoms with Crippen molar-refractivity contribution in [3.63, 3.8) is 0 Å². The van der Waals surface area contributed by atoms with E-state index >= 15 is 0 Å². The number of benzene rings is 3. The van der Waals surface area contributed by atoms with Crippen molar-refractivity contribution in [3.8, 4) is 0 Å². The summed E-state index contributed by atoms with van der Waals surface area (Å²) in [4.78, 5) is 13.4. The third-order valence-electron chi connectivity index (χ3n) is 8.01. The zero-order valence-corrected chi connectivity index (χ0v) is 27.7. The zero-order valence-electron chi connectivity index (χ0n) is 25.8. The molecule has 1 fully saturated rings. The second-order valence-corrected chi connectivity index (χ2v) is 17.7. The molecule has 6 atom stereocenters. The van der Waals surface area contributed by atoms with Gasteiger partial charge in [0.15, 0.2) is 19.9 Å². The smallest absolute Gasteiger partial charge is 0.276 e. The van der Waals surface area contributed by atoms with E-state index in [2.05, 4.69) is 33.9 Å². The molecule has 0 radical (unpaired) electrons. The van der Waals surface area contributed by atoms with Gasteiger partial charge in [-0.3, -0.25) is 10.1 Å². The summed E-state index contributed by atoms with van der Waals surface area (Å²) in [5.74, 6) is 1.09. The fourth-order valence-electron chi connectivity index (χ4n) is 5.28. The van der Waals surface area contributed by atoms with Gasteiger partial charge in [-0.25, -0.2) is 0 Å². The van der Waals surface area contributed by atoms with E-state index in [1.54, 1.807) is 0 Å². The van der Waals surface area contributed by atoms with Crippen LogP contribution in [0.4, 0.5) is 0 Å². The van der Waals surface area contributed by atoms with Gasteiger partial charge >= 0.3 is 0 Å². The van der Waals surface area contributed by atoms with E-state index in [9.17, 15) is 10.1 Å². The summed E-state index contributed by atoms with van der Waals surface area (Å²) in [5.41, 5.74) is 1.12. The average Bonchev–Trinajstić information content (AvgIpc) is 2.99. The fourth-order valence-corrected chi connectivity index (χ4v) is 9.21. The monoisotopic (exact) mass is 623 g/mol. The van der Waals surface area contributed by atoms with E-state index in [-0.39, 0.29) is 24.7 Å². The average molecular weight is 624 g/mol. The zero-order chi connectivity index (χ0) is 30.8. The number of ether oxygens (including phenoxy) is 3. The predicted octanol–water partition coefficient (Wildman–Crippen LogP) is 7.83. The lowest BCUT2D eigenvalue weighted by molar-refractivity contribution is -0.554. The Morgan fingerprint density at radius 2 is 1.35 bits per heavy atom. The summed E-state index contributed by atoms with van der Waals surface area (Å²) in [6.07, 6.45) is -2.12. The van der Waals surface area contributed by atoms with Crippen molar-refractivity contribution in [1.29, 1.82) is 0 Å². The fraction of sp³-hybridized carbons (Fsp3) is 0.471. The lowest BCUT2D eigenvalue weighted by Gasteiger charge is -2.43. The van der Waals surface area contributed by atoms with E-state index in [1.165, 1.54) is 11.8 Å². The van der Waals surface area contributed by atoms with Crippen LogP contribution in [-0.4, -0.2) is 49.6 Å². The van der Waals surface area contributed by atoms with Gasteiger partial charge in [0.1, 0.15) is 12.2 Å². The molecule has 1 saturated heterocycles. The largest absolute Gasteiger partial charge is 0.415 e. The highest BCUT2D eigenvalue weighted by Gasteiger charge is 2.54. The predicted molar refractivity (Wildman–Crippen MR) is 174 cm³/mol. The van der Waals surface area contributed by atoms with Crippen LogP contribution < -0.4 is 0 Å². The van der Waals surface area contributed by atoms with Gasteiger partial charge in [-0.1, -0.05) is 111 Å². The highest BCUT2D eigenvalue weighted by atomic mass is 32.2. The van der Waals surface area contributed by atoms with Crippen molar-refractivity contribution >= 4 is 20.1 Å². The first-order chi connectivity index (χ1) is 20.6. The van der Waals surface area contributed by atoms with Crippen LogP contribution in [0.2, 0.25) is 19.1 Å². The van der Waals surface area contributed by atoms with Crippen molar-refractivity contribution in [3.05, 3.63) is 112 Å². The summed E-state index contributed by atoms with van der Waals surface area (Å²) < 4.78 is 26.3. The number of nitro groups is 1. The van der Waals surface area contributed by atoms with Crippen molar-refractivity contribution in [2.45, 2.75) is 87.8 Å². The summed E-state index contributed by atoms with van der Waals surface area (Å²) in [5, 5.41) is 12.8. The summed E-state index contributed by atoms with van der Waals surface area (Å²) >= 11 is 1.35. The van der Waals surface area contributed by atoms with Gasteiger partial charge in [0.2, 0.25) is 0 Å². The molecule has 0 aliphatic carbocycles. The molecule has 0 bridgehead atoms. The lowest BCUT2D eigenvalue weighted by atomic mass is 9.97. The Kier molecular flexibility index (Phi) is 12.4. The number of thioether (sulfide) groups is 1. The molecule has 1 aliphatic rings. The van der Waals surface area contributed by atoms with Crippen LogP contribution in [0, 0.1) is 22.0 Å². The van der Waals surface area contributed by atoms with Gasteiger partial charge in [0.25, 0.3) is 6.04 Å².